The van der Waals surface area contributed by atoms with Crippen molar-refractivity contribution in [2.75, 3.05) is 13.6 Å². The van der Waals surface area contributed by atoms with Crippen molar-refractivity contribution in [2.24, 2.45) is 0 Å². The van der Waals surface area contributed by atoms with E-state index in [1.54, 1.807) is 18.4 Å². The van der Waals surface area contributed by atoms with Crippen molar-refractivity contribution in [2.45, 2.75) is 18.4 Å². The van der Waals surface area contributed by atoms with Crippen LogP contribution in [0.2, 0.25) is 0 Å². The summed E-state index contributed by atoms with van der Waals surface area (Å²) < 4.78 is 39.3. The second-order valence-electron chi connectivity index (χ2n) is 5.12. The summed E-state index contributed by atoms with van der Waals surface area (Å²) in [6.07, 6.45) is 0. The Balaban J connectivity index is 1.95. The van der Waals surface area contributed by atoms with E-state index in [1.807, 2.05) is 18.4 Å². The molecule has 0 bridgehead atoms. The third-order valence-corrected chi connectivity index (χ3v) is 5.56. The molecule has 2 aromatic rings. The second kappa shape index (κ2) is 7.20. The van der Waals surface area contributed by atoms with Crippen molar-refractivity contribution in [3.05, 3.63) is 52.0 Å². The quantitative estimate of drug-likeness (QED) is 0.862. The van der Waals surface area contributed by atoms with E-state index >= 15 is 0 Å². The minimum Gasteiger partial charge on any atom is -0.339 e. The van der Waals surface area contributed by atoms with Crippen LogP contribution in [0.25, 0.3) is 0 Å². The van der Waals surface area contributed by atoms with Crippen LogP contribution in [0.3, 0.4) is 0 Å². The van der Waals surface area contributed by atoms with Gasteiger partial charge in [0, 0.05) is 11.9 Å². The SMILES string of the molecule is Cc1csc(CN(C)C(=O)CNS(=O)(=O)c2cccc(F)c2)c1. The van der Waals surface area contributed by atoms with E-state index < -0.39 is 15.8 Å². The number of thiophene rings is 1. The molecule has 0 aliphatic rings. The molecule has 0 fully saturated rings. The molecule has 0 spiro atoms. The molecule has 2 rings (SSSR count). The van der Waals surface area contributed by atoms with Gasteiger partial charge in [-0.2, -0.15) is 0 Å². The lowest BCUT2D eigenvalue weighted by atomic mass is 10.3. The van der Waals surface area contributed by atoms with Crippen LogP contribution in [0.15, 0.2) is 40.6 Å². The Kier molecular flexibility index (Phi) is 5.51. The van der Waals surface area contributed by atoms with E-state index in [0.717, 1.165) is 22.6 Å². The molecule has 0 saturated heterocycles. The first-order chi connectivity index (χ1) is 10.8. The average Bonchev–Trinajstić information content (AvgIpc) is 2.90. The van der Waals surface area contributed by atoms with Crippen LogP contribution in [-0.2, 0) is 21.4 Å². The molecular weight excluding hydrogens is 339 g/mol. The molecule has 1 aromatic carbocycles. The third-order valence-electron chi connectivity index (χ3n) is 3.12. The number of sulfonamides is 1. The third kappa shape index (κ3) is 4.85. The number of hydrogen-bond acceptors (Lipinski definition) is 4. The smallest absolute Gasteiger partial charge is 0.241 e. The summed E-state index contributed by atoms with van der Waals surface area (Å²) in [6, 6.07) is 6.61. The van der Waals surface area contributed by atoms with Gasteiger partial charge in [-0.15, -0.1) is 11.3 Å². The van der Waals surface area contributed by atoms with E-state index in [9.17, 15) is 17.6 Å². The summed E-state index contributed by atoms with van der Waals surface area (Å²) in [4.78, 5) is 14.3. The van der Waals surface area contributed by atoms with Gasteiger partial charge in [0.05, 0.1) is 18.0 Å². The first-order valence-corrected chi connectivity index (χ1v) is 9.17. The fourth-order valence-corrected chi connectivity index (χ4v) is 3.84. The number of hydrogen-bond donors (Lipinski definition) is 1. The minimum atomic E-state index is -3.92. The molecule has 1 aromatic heterocycles. The fourth-order valence-electron chi connectivity index (χ4n) is 1.90. The van der Waals surface area contributed by atoms with Crippen LogP contribution in [0.1, 0.15) is 10.4 Å². The van der Waals surface area contributed by atoms with Gasteiger partial charge in [0.25, 0.3) is 0 Å². The molecule has 0 aliphatic carbocycles. The van der Waals surface area contributed by atoms with Gasteiger partial charge in [-0.05, 0) is 42.1 Å². The lowest BCUT2D eigenvalue weighted by Crippen LogP contribution is -2.37. The molecule has 0 aliphatic heterocycles. The summed E-state index contributed by atoms with van der Waals surface area (Å²) in [7, 11) is -2.31. The van der Waals surface area contributed by atoms with Gasteiger partial charge in [0.15, 0.2) is 0 Å². The Labute approximate surface area is 138 Å². The van der Waals surface area contributed by atoms with Crippen LogP contribution in [0, 0.1) is 12.7 Å². The molecule has 0 saturated carbocycles. The summed E-state index contributed by atoms with van der Waals surface area (Å²) in [6.45, 7) is 2.01. The van der Waals surface area contributed by atoms with E-state index in [0.29, 0.717) is 6.54 Å². The fraction of sp³-hybridized carbons (Fsp3) is 0.267. The molecule has 23 heavy (non-hydrogen) atoms. The van der Waals surface area contributed by atoms with Crippen LogP contribution in [0.5, 0.6) is 0 Å². The van der Waals surface area contributed by atoms with Gasteiger partial charge in [0.2, 0.25) is 15.9 Å². The molecule has 0 atom stereocenters. The predicted octanol–water partition coefficient (Wildman–Crippen LogP) is 2.13. The lowest BCUT2D eigenvalue weighted by molar-refractivity contribution is -0.129. The van der Waals surface area contributed by atoms with Crippen LogP contribution in [-0.4, -0.2) is 32.8 Å². The highest BCUT2D eigenvalue weighted by Crippen LogP contribution is 2.15. The predicted molar refractivity (Wildman–Crippen MR) is 87.1 cm³/mol. The van der Waals surface area contributed by atoms with E-state index in [4.69, 9.17) is 0 Å². The Hall–Kier alpha value is -1.77. The summed E-state index contributed by atoms with van der Waals surface area (Å²) in [5, 5.41) is 1.99. The van der Waals surface area contributed by atoms with Crippen molar-refractivity contribution in [3.63, 3.8) is 0 Å². The Morgan fingerprint density at radius 1 is 1.35 bits per heavy atom. The van der Waals surface area contributed by atoms with Crippen molar-refractivity contribution >= 4 is 27.3 Å². The minimum absolute atomic E-state index is 0.207. The standard InChI is InChI=1S/C15H17FN2O3S2/c1-11-6-13(22-10-11)9-18(2)15(19)8-17-23(20,21)14-5-3-4-12(16)7-14/h3-7,10,17H,8-9H2,1-2H3. The van der Waals surface area contributed by atoms with Gasteiger partial charge >= 0.3 is 0 Å². The maximum absolute atomic E-state index is 13.1. The number of carbonyl (C=O) groups is 1. The lowest BCUT2D eigenvalue weighted by Gasteiger charge is -2.16. The number of halogens is 1. The Morgan fingerprint density at radius 2 is 2.09 bits per heavy atom. The maximum Gasteiger partial charge on any atom is 0.241 e. The number of rotatable bonds is 6. The van der Waals surface area contributed by atoms with Gasteiger partial charge in [-0.1, -0.05) is 6.07 Å². The van der Waals surface area contributed by atoms with E-state index in [-0.39, 0.29) is 17.3 Å². The van der Waals surface area contributed by atoms with Gasteiger partial charge in [-0.25, -0.2) is 17.5 Å². The number of benzene rings is 1. The zero-order valence-corrected chi connectivity index (χ0v) is 14.4. The zero-order valence-electron chi connectivity index (χ0n) is 12.7. The highest BCUT2D eigenvalue weighted by Gasteiger charge is 2.18. The highest BCUT2D eigenvalue weighted by atomic mass is 32.2. The normalized spacial score (nSPS) is 11.4. The Bertz CT molecular complexity index is 803. The van der Waals surface area contributed by atoms with Crippen molar-refractivity contribution < 1.29 is 17.6 Å². The molecule has 0 radical (unpaired) electrons. The first kappa shape index (κ1) is 17.6. The topological polar surface area (TPSA) is 66.5 Å². The van der Waals surface area contributed by atoms with E-state index in [1.165, 1.54) is 17.0 Å². The first-order valence-electron chi connectivity index (χ1n) is 6.81. The van der Waals surface area contributed by atoms with Crippen molar-refractivity contribution in [3.8, 4) is 0 Å². The number of amides is 1. The molecular formula is C15H17FN2O3S2. The van der Waals surface area contributed by atoms with Crippen LogP contribution in [0.4, 0.5) is 4.39 Å². The molecule has 8 heteroatoms. The van der Waals surface area contributed by atoms with Gasteiger partial charge in [-0.3, -0.25) is 4.79 Å². The summed E-state index contributed by atoms with van der Waals surface area (Å²) in [5.41, 5.74) is 1.12. The molecule has 0 unspecified atom stereocenters. The average molecular weight is 356 g/mol. The van der Waals surface area contributed by atoms with Crippen molar-refractivity contribution in [1.29, 1.82) is 0 Å². The van der Waals surface area contributed by atoms with E-state index in [2.05, 4.69) is 4.72 Å². The molecule has 1 heterocycles. The summed E-state index contributed by atoms with van der Waals surface area (Å²) in [5.74, 6) is -1.01. The van der Waals surface area contributed by atoms with Gasteiger partial charge < -0.3 is 4.90 Å². The highest BCUT2D eigenvalue weighted by molar-refractivity contribution is 7.89. The maximum atomic E-state index is 13.1. The second-order valence-corrected chi connectivity index (χ2v) is 7.88. The largest absolute Gasteiger partial charge is 0.339 e. The van der Waals surface area contributed by atoms with Gasteiger partial charge in [0.1, 0.15) is 5.82 Å². The number of nitrogens with zero attached hydrogens (tertiary/aromatic N) is 1. The number of aryl methyl sites for hydroxylation is 1. The Morgan fingerprint density at radius 3 is 2.70 bits per heavy atom. The number of nitrogens with one attached hydrogen (secondary N) is 1. The molecule has 124 valence electrons. The molecule has 1 amide bonds. The molecule has 5 nitrogen and oxygen atoms in total. The monoisotopic (exact) mass is 356 g/mol. The summed E-state index contributed by atoms with van der Waals surface area (Å²) >= 11 is 1.54. The zero-order chi connectivity index (χ0) is 17.0. The van der Waals surface area contributed by atoms with Crippen LogP contribution >= 0.6 is 11.3 Å². The van der Waals surface area contributed by atoms with Crippen molar-refractivity contribution in [1.82, 2.24) is 9.62 Å². The number of carbonyl (C=O) groups excluding carboxylic acids is 1. The molecule has 1 N–H and O–H groups in total. The van der Waals surface area contributed by atoms with Crippen LogP contribution < -0.4 is 4.72 Å². The number of likely N-dealkylation sites (N-methyl/N-ethyl adjacent to an activating group) is 1.